The molecule has 0 radical (unpaired) electrons. The van der Waals surface area contributed by atoms with Crippen molar-refractivity contribution in [1.29, 1.82) is 0 Å². The highest BCUT2D eigenvalue weighted by atomic mass is 79.9. The Hall–Kier alpha value is -0.940. The van der Waals surface area contributed by atoms with Gasteiger partial charge in [-0.15, -0.1) is 0 Å². The maximum absolute atomic E-state index is 11.7. The third-order valence-electron chi connectivity index (χ3n) is 1.79. The van der Waals surface area contributed by atoms with Gasteiger partial charge in [-0.05, 0) is 41.9 Å². The summed E-state index contributed by atoms with van der Waals surface area (Å²) >= 11 is 3.19. The Morgan fingerprint density at radius 3 is 2.80 bits per heavy atom. The van der Waals surface area contributed by atoms with Crippen LogP contribution in [0.4, 0.5) is 0 Å². The summed E-state index contributed by atoms with van der Waals surface area (Å²) in [5.74, 6) is -0.296. The van der Waals surface area contributed by atoms with Crippen LogP contribution in [-0.2, 0) is 0 Å². The van der Waals surface area contributed by atoms with Gasteiger partial charge in [0.1, 0.15) is 10.3 Å². The number of aliphatic hydroxyl groups excluding tert-OH is 1. The summed E-state index contributed by atoms with van der Waals surface area (Å²) in [6.45, 7) is 3.36. The minimum absolute atomic E-state index is 0.118. The number of carbonyl (C=O) groups is 1. The van der Waals surface area contributed by atoms with Gasteiger partial charge in [-0.3, -0.25) is 4.79 Å². The summed E-state index contributed by atoms with van der Waals surface area (Å²) in [4.78, 5) is 15.7. The first-order valence-corrected chi connectivity index (χ1v) is 5.30. The molecule has 4 nitrogen and oxygen atoms in total. The van der Waals surface area contributed by atoms with Crippen molar-refractivity contribution in [2.24, 2.45) is 0 Å². The number of carbonyl (C=O) groups excluding carboxylic acids is 1. The number of aliphatic hydroxyl groups is 1. The highest BCUT2D eigenvalue weighted by molar-refractivity contribution is 9.10. The van der Waals surface area contributed by atoms with Gasteiger partial charge in [-0.1, -0.05) is 6.07 Å². The molecule has 0 atom stereocenters. The van der Waals surface area contributed by atoms with Crippen molar-refractivity contribution in [3.63, 3.8) is 0 Å². The maximum Gasteiger partial charge on any atom is 0.270 e. The Bertz CT molecular complexity index is 366. The molecule has 1 rings (SSSR count). The lowest BCUT2D eigenvalue weighted by atomic mass is 10.1. The van der Waals surface area contributed by atoms with E-state index < -0.39 is 5.54 Å². The zero-order valence-electron chi connectivity index (χ0n) is 8.62. The van der Waals surface area contributed by atoms with Crippen molar-refractivity contribution in [3.8, 4) is 0 Å². The number of amides is 1. The molecule has 1 aromatic heterocycles. The second kappa shape index (κ2) is 4.72. The predicted molar refractivity (Wildman–Crippen MR) is 60.6 cm³/mol. The number of nitrogens with one attached hydrogen (secondary N) is 1. The Balaban J connectivity index is 2.78. The van der Waals surface area contributed by atoms with Crippen molar-refractivity contribution in [3.05, 3.63) is 28.5 Å². The van der Waals surface area contributed by atoms with Gasteiger partial charge >= 0.3 is 0 Å². The van der Waals surface area contributed by atoms with Crippen LogP contribution >= 0.6 is 15.9 Å². The fourth-order valence-corrected chi connectivity index (χ4v) is 1.29. The number of nitrogens with zero attached hydrogens (tertiary/aromatic N) is 1. The molecule has 5 heteroatoms. The van der Waals surface area contributed by atoms with Crippen LogP contribution in [0.25, 0.3) is 0 Å². The molecule has 0 unspecified atom stereocenters. The van der Waals surface area contributed by atoms with Gasteiger partial charge in [-0.25, -0.2) is 4.98 Å². The number of hydrogen-bond acceptors (Lipinski definition) is 3. The average molecular weight is 273 g/mol. The molecular weight excluding hydrogens is 260 g/mol. The van der Waals surface area contributed by atoms with Crippen molar-refractivity contribution in [2.75, 3.05) is 6.61 Å². The third-order valence-corrected chi connectivity index (χ3v) is 2.24. The van der Waals surface area contributed by atoms with Crippen molar-refractivity contribution in [2.45, 2.75) is 19.4 Å². The SMILES string of the molecule is CC(C)(CO)NC(=O)c1cccc(Br)n1. The van der Waals surface area contributed by atoms with Crippen LogP contribution in [0.15, 0.2) is 22.8 Å². The fraction of sp³-hybridized carbons (Fsp3) is 0.400. The molecule has 2 N–H and O–H groups in total. The van der Waals surface area contributed by atoms with Gasteiger partial charge in [0.05, 0.1) is 12.1 Å². The first kappa shape index (κ1) is 12.1. The number of pyridine rings is 1. The Morgan fingerprint density at radius 1 is 1.60 bits per heavy atom. The van der Waals surface area contributed by atoms with Crippen LogP contribution in [0.3, 0.4) is 0 Å². The minimum atomic E-state index is -0.638. The Kier molecular flexibility index (Phi) is 3.82. The smallest absolute Gasteiger partial charge is 0.270 e. The predicted octanol–water partition coefficient (Wildman–Crippen LogP) is 1.34. The molecule has 0 saturated heterocycles. The van der Waals surface area contributed by atoms with Crippen LogP contribution in [-0.4, -0.2) is 28.1 Å². The molecule has 0 aliphatic rings. The quantitative estimate of drug-likeness (QED) is 0.817. The monoisotopic (exact) mass is 272 g/mol. The first-order valence-electron chi connectivity index (χ1n) is 4.50. The third kappa shape index (κ3) is 3.60. The number of aromatic nitrogens is 1. The minimum Gasteiger partial charge on any atom is -0.394 e. The van der Waals surface area contributed by atoms with Crippen LogP contribution < -0.4 is 5.32 Å². The maximum atomic E-state index is 11.7. The van der Waals surface area contributed by atoms with Crippen LogP contribution in [0.5, 0.6) is 0 Å². The molecule has 0 bridgehead atoms. The molecule has 82 valence electrons. The highest BCUT2D eigenvalue weighted by Crippen LogP contribution is 2.08. The number of halogens is 1. The summed E-state index contributed by atoms with van der Waals surface area (Å²) in [5.41, 5.74) is -0.313. The van der Waals surface area contributed by atoms with E-state index in [9.17, 15) is 4.79 Å². The molecule has 0 aliphatic carbocycles. The van der Waals surface area contributed by atoms with Gasteiger partial charge in [-0.2, -0.15) is 0 Å². The average Bonchev–Trinajstić information content (AvgIpc) is 2.17. The lowest BCUT2D eigenvalue weighted by Gasteiger charge is -2.23. The van der Waals surface area contributed by atoms with Crippen molar-refractivity contribution < 1.29 is 9.90 Å². The van der Waals surface area contributed by atoms with Gasteiger partial charge in [0.25, 0.3) is 5.91 Å². The van der Waals surface area contributed by atoms with Gasteiger partial charge < -0.3 is 10.4 Å². The van der Waals surface area contributed by atoms with E-state index >= 15 is 0 Å². The second-order valence-electron chi connectivity index (χ2n) is 3.84. The molecule has 0 spiro atoms. The molecule has 1 heterocycles. The first-order chi connectivity index (χ1) is 6.94. The van der Waals surface area contributed by atoms with E-state index in [1.165, 1.54) is 0 Å². The summed E-state index contributed by atoms with van der Waals surface area (Å²) in [5, 5.41) is 11.7. The molecule has 0 aromatic carbocycles. The number of rotatable bonds is 3. The Labute approximate surface area is 96.8 Å². The van der Waals surface area contributed by atoms with E-state index in [4.69, 9.17) is 5.11 Å². The van der Waals surface area contributed by atoms with E-state index in [0.29, 0.717) is 10.3 Å². The highest BCUT2D eigenvalue weighted by Gasteiger charge is 2.20. The molecule has 0 aliphatic heterocycles. The summed E-state index contributed by atoms with van der Waals surface area (Å²) in [7, 11) is 0. The molecule has 1 amide bonds. The largest absolute Gasteiger partial charge is 0.394 e. The standard InChI is InChI=1S/C10H13BrN2O2/c1-10(2,6-14)13-9(15)7-4-3-5-8(11)12-7/h3-5,14H,6H2,1-2H3,(H,13,15). The van der Waals surface area contributed by atoms with E-state index in [1.807, 2.05) is 0 Å². The zero-order chi connectivity index (χ0) is 11.5. The van der Waals surface area contributed by atoms with Crippen LogP contribution in [0.1, 0.15) is 24.3 Å². The lowest BCUT2D eigenvalue weighted by molar-refractivity contribution is 0.0864. The fourth-order valence-electron chi connectivity index (χ4n) is 0.946. The number of hydrogen-bond donors (Lipinski definition) is 2. The summed E-state index contributed by atoms with van der Waals surface area (Å²) in [6.07, 6.45) is 0. The molecule has 0 fully saturated rings. The van der Waals surface area contributed by atoms with Crippen LogP contribution in [0.2, 0.25) is 0 Å². The summed E-state index contributed by atoms with van der Waals surface area (Å²) < 4.78 is 0.608. The molecule has 1 aromatic rings. The van der Waals surface area contributed by atoms with Crippen molar-refractivity contribution >= 4 is 21.8 Å². The van der Waals surface area contributed by atoms with Crippen molar-refractivity contribution in [1.82, 2.24) is 10.3 Å². The van der Waals surface area contributed by atoms with Gasteiger partial charge in [0.15, 0.2) is 0 Å². The van der Waals surface area contributed by atoms with E-state index in [2.05, 4.69) is 26.2 Å². The van der Waals surface area contributed by atoms with E-state index in [0.717, 1.165) is 0 Å². The topological polar surface area (TPSA) is 62.2 Å². The van der Waals surface area contributed by atoms with Crippen LogP contribution in [0, 0.1) is 0 Å². The Morgan fingerprint density at radius 2 is 2.27 bits per heavy atom. The lowest BCUT2D eigenvalue weighted by Crippen LogP contribution is -2.46. The van der Waals surface area contributed by atoms with Gasteiger partial charge in [0, 0.05) is 0 Å². The molecule has 0 saturated carbocycles. The second-order valence-corrected chi connectivity index (χ2v) is 4.65. The van der Waals surface area contributed by atoms with E-state index in [1.54, 1.807) is 32.0 Å². The van der Waals surface area contributed by atoms with E-state index in [-0.39, 0.29) is 12.5 Å². The zero-order valence-corrected chi connectivity index (χ0v) is 10.2. The normalized spacial score (nSPS) is 11.2. The molecule has 15 heavy (non-hydrogen) atoms. The molecular formula is C10H13BrN2O2. The van der Waals surface area contributed by atoms with Gasteiger partial charge in [0.2, 0.25) is 0 Å². The summed E-state index contributed by atoms with van der Waals surface area (Å²) in [6, 6.07) is 5.10.